The maximum absolute atomic E-state index is 15.0. The Hall–Kier alpha value is -4.88. The van der Waals surface area contributed by atoms with Crippen molar-refractivity contribution in [2.24, 2.45) is 5.92 Å². The number of hydrogen-bond donors (Lipinski definition) is 2. The molecule has 51 heavy (non-hydrogen) atoms. The number of amides is 2. The number of benzene rings is 4. The molecule has 0 bridgehead atoms. The molecule has 3 aliphatic heterocycles. The minimum atomic E-state index is -2.88. The Morgan fingerprint density at radius 3 is 2.55 bits per heavy atom. The van der Waals surface area contributed by atoms with E-state index in [0.717, 1.165) is 39.0 Å². The van der Waals surface area contributed by atoms with E-state index in [-0.39, 0.29) is 36.4 Å². The summed E-state index contributed by atoms with van der Waals surface area (Å²) < 4.78 is 14.4. The fraction of sp³-hybridized carbons (Fsp3) is 0.333. The average molecular weight is 704 g/mol. The van der Waals surface area contributed by atoms with Crippen LogP contribution < -0.4 is 14.5 Å². The zero-order chi connectivity index (χ0) is 35.7. The first-order valence-electron chi connectivity index (χ1n) is 17.4. The molecule has 0 saturated carbocycles. The van der Waals surface area contributed by atoms with E-state index in [0.29, 0.717) is 36.4 Å². The van der Waals surface area contributed by atoms with Gasteiger partial charge in [-0.3, -0.25) is 19.2 Å². The number of fused-ring (bicyclic) bond motifs is 2. The number of nitrogens with zero attached hydrogens (tertiary/aromatic N) is 5. The van der Waals surface area contributed by atoms with Gasteiger partial charge in [-0.25, -0.2) is 0 Å². The van der Waals surface area contributed by atoms with Gasteiger partial charge >= 0.3 is 0 Å². The number of aliphatic hydroxyl groups excluding tert-OH is 1. The Morgan fingerprint density at radius 1 is 1.00 bits per heavy atom. The summed E-state index contributed by atoms with van der Waals surface area (Å²) >= 11 is 0. The number of hydrogen-bond acceptors (Lipinski definition) is 8. The van der Waals surface area contributed by atoms with Crippen molar-refractivity contribution in [3.8, 4) is 5.75 Å². The quantitative estimate of drug-likeness (QED) is 0.177. The number of rotatable bonds is 10. The molecule has 5 aromatic rings. The number of aliphatic hydroxyl groups is 1. The summed E-state index contributed by atoms with van der Waals surface area (Å²) in [6, 6.07) is 25.2. The molecule has 1 fully saturated rings. The number of carbonyl (C=O) groups excluding carboxylic acids is 2. The van der Waals surface area contributed by atoms with Crippen LogP contribution in [-0.4, -0.2) is 64.8 Å². The van der Waals surface area contributed by atoms with E-state index < -0.39 is 20.0 Å². The van der Waals surface area contributed by atoms with E-state index >= 15 is 4.79 Å². The first-order valence-corrected chi connectivity index (χ1v) is 20.4. The summed E-state index contributed by atoms with van der Waals surface area (Å²) in [6.07, 6.45) is 2.33. The molecule has 4 aromatic carbocycles. The number of methoxy groups -OCH3 is 1. The summed E-state index contributed by atoms with van der Waals surface area (Å²) in [7, 11) is -1.28. The highest BCUT2D eigenvalue weighted by molar-refractivity contribution is 6.71. The van der Waals surface area contributed by atoms with E-state index in [1.165, 1.54) is 0 Å². The van der Waals surface area contributed by atoms with Crippen molar-refractivity contribution in [1.29, 1.82) is 0 Å². The van der Waals surface area contributed by atoms with E-state index in [2.05, 4.69) is 10.3 Å². The van der Waals surface area contributed by atoms with Crippen LogP contribution in [-0.2, 0) is 34.6 Å². The van der Waals surface area contributed by atoms with Crippen molar-refractivity contribution in [1.82, 2.24) is 15.0 Å². The highest BCUT2D eigenvalue weighted by Crippen LogP contribution is 2.60. The summed E-state index contributed by atoms with van der Waals surface area (Å²) in [6.45, 7) is 6.56. The maximum Gasteiger partial charge on any atom is 0.264 e. The third-order valence-corrected chi connectivity index (χ3v) is 13.4. The molecular weight excluding hydrogens is 663 g/mol. The van der Waals surface area contributed by atoms with Crippen LogP contribution >= 0.6 is 0 Å². The van der Waals surface area contributed by atoms with Gasteiger partial charge in [0, 0.05) is 53.9 Å². The molecule has 2 amide bonds. The van der Waals surface area contributed by atoms with Crippen molar-refractivity contribution in [3.05, 3.63) is 107 Å². The molecule has 4 heterocycles. The second-order valence-electron chi connectivity index (χ2n) is 14.4. The number of ether oxygens (including phenoxy) is 2. The molecule has 2 N–H and O–H groups in total. The smallest absolute Gasteiger partial charge is 0.264 e. The van der Waals surface area contributed by atoms with Gasteiger partial charge in [-0.15, -0.1) is 5.10 Å². The number of anilines is 3. The molecule has 262 valence electrons. The van der Waals surface area contributed by atoms with Gasteiger partial charge in [0.25, 0.3) is 11.8 Å². The van der Waals surface area contributed by atoms with Crippen LogP contribution in [0.5, 0.6) is 5.75 Å². The lowest BCUT2D eigenvalue weighted by atomic mass is 9.82. The lowest BCUT2D eigenvalue weighted by Gasteiger charge is -2.32. The van der Waals surface area contributed by atoms with Gasteiger partial charge in [0.05, 0.1) is 42.4 Å². The maximum atomic E-state index is 15.0. The van der Waals surface area contributed by atoms with Crippen molar-refractivity contribution < 1.29 is 29.0 Å². The van der Waals surface area contributed by atoms with Gasteiger partial charge in [0.2, 0.25) is 0 Å². The second kappa shape index (κ2) is 12.4. The van der Waals surface area contributed by atoms with Crippen molar-refractivity contribution in [2.75, 3.05) is 23.5 Å². The molecule has 12 heteroatoms. The zero-order valence-corrected chi connectivity index (χ0v) is 30.1. The Morgan fingerprint density at radius 2 is 1.78 bits per heavy atom. The molecule has 1 saturated heterocycles. The molecule has 0 aliphatic carbocycles. The fourth-order valence-corrected chi connectivity index (χ4v) is 11.3. The van der Waals surface area contributed by atoms with Crippen molar-refractivity contribution >= 4 is 48.0 Å². The van der Waals surface area contributed by atoms with Crippen LogP contribution in [0.15, 0.2) is 85.1 Å². The van der Waals surface area contributed by atoms with Crippen LogP contribution in [0.2, 0.25) is 18.6 Å². The third-order valence-electron chi connectivity index (χ3n) is 10.9. The fourth-order valence-electron chi connectivity index (χ4n) is 8.70. The van der Waals surface area contributed by atoms with Crippen molar-refractivity contribution in [3.63, 3.8) is 0 Å². The molecule has 8 rings (SSSR count). The van der Waals surface area contributed by atoms with Crippen molar-refractivity contribution in [2.45, 2.75) is 63.2 Å². The number of aromatic nitrogens is 3. The van der Waals surface area contributed by atoms with Crippen LogP contribution in [0.3, 0.4) is 0 Å². The lowest BCUT2D eigenvalue weighted by molar-refractivity contribution is -0.146. The average Bonchev–Trinajstić information content (AvgIpc) is 3.83. The molecule has 0 radical (unpaired) electrons. The highest BCUT2D eigenvalue weighted by Gasteiger charge is 2.66. The zero-order valence-electron chi connectivity index (χ0n) is 29.1. The summed E-state index contributed by atoms with van der Waals surface area (Å²) in [5, 5.41) is 19.6. The Bertz CT molecular complexity index is 2180. The van der Waals surface area contributed by atoms with Gasteiger partial charge < -0.3 is 24.3 Å². The van der Waals surface area contributed by atoms with Gasteiger partial charge in [0.1, 0.15) is 5.75 Å². The highest BCUT2D eigenvalue weighted by atomic mass is 28.4. The monoisotopic (exact) mass is 703 g/mol. The van der Waals surface area contributed by atoms with E-state index in [1.54, 1.807) is 21.6 Å². The van der Waals surface area contributed by atoms with Gasteiger partial charge in [0.15, 0.2) is 13.9 Å². The first kappa shape index (κ1) is 33.3. The van der Waals surface area contributed by atoms with Gasteiger partial charge in [-0.1, -0.05) is 48.5 Å². The molecule has 4 atom stereocenters. The minimum absolute atomic E-state index is 0.0101. The SMILES string of the molecule is COc1ccc2c(c1)[C@@]1(O[C@H](CCn3cc(CCO)nn3)[C@@H]([Si](C)(C)O)[C@@H]1C)C(=O)N2Cc1cccc(N2C(=O)c3cccc4cccc2c34)c1. The van der Waals surface area contributed by atoms with Gasteiger partial charge in [-0.2, -0.15) is 0 Å². The van der Waals surface area contributed by atoms with Crippen LogP contribution in [0, 0.1) is 5.92 Å². The van der Waals surface area contributed by atoms with Crippen LogP contribution in [0.1, 0.15) is 40.5 Å². The molecular formula is C39H41N5O6Si. The van der Waals surface area contributed by atoms with E-state index in [4.69, 9.17) is 9.47 Å². The predicted octanol–water partition coefficient (Wildman–Crippen LogP) is 5.70. The first-order chi connectivity index (χ1) is 24.5. The second-order valence-corrected chi connectivity index (χ2v) is 18.3. The molecule has 0 unspecified atom stereocenters. The number of carbonyl (C=O) groups is 2. The largest absolute Gasteiger partial charge is 0.497 e. The number of aryl methyl sites for hydroxylation is 1. The lowest BCUT2D eigenvalue weighted by Crippen LogP contribution is -2.46. The van der Waals surface area contributed by atoms with Gasteiger partial charge in [-0.05, 0) is 72.9 Å². The molecule has 1 aromatic heterocycles. The van der Waals surface area contributed by atoms with Crippen LogP contribution in [0.25, 0.3) is 10.8 Å². The Labute approximate surface area is 297 Å². The molecule has 11 nitrogen and oxygen atoms in total. The summed E-state index contributed by atoms with van der Waals surface area (Å²) in [4.78, 5) is 44.0. The standard InChI is InChI=1S/C39H41N5O6Si/c1-24-36(51(3,4)48)34(16-18-42-23-27(17-19-45)40-41-42)50-39(24)31-21-29(49-2)14-15-32(31)43(38(39)47)22-25-8-5-11-28(20-25)44-33-13-7-10-26-9-6-12-30(35(26)33)37(44)46/h5-15,20-21,23-24,34,36,45,48H,16-19,22H2,1-4H3/t24-,34+,36-,39+/m0/s1. The molecule has 3 aliphatic rings. The van der Waals surface area contributed by atoms with E-state index in [9.17, 15) is 14.7 Å². The Balaban J connectivity index is 1.13. The van der Waals surface area contributed by atoms with Crippen LogP contribution in [0.4, 0.5) is 17.1 Å². The molecule has 1 spiro atoms. The Kier molecular flexibility index (Phi) is 8.10. The third kappa shape index (κ3) is 5.27. The van der Waals surface area contributed by atoms with E-state index in [1.807, 2.05) is 105 Å². The summed E-state index contributed by atoms with van der Waals surface area (Å²) in [5.74, 6) is 0.00568. The normalized spacial score (nSPS) is 22.5. The summed E-state index contributed by atoms with van der Waals surface area (Å²) in [5.41, 5.74) is 3.67. The minimum Gasteiger partial charge on any atom is -0.497 e. The topological polar surface area (TPSA) is 130 Å². The predicted molar refractivity (Wildman–Crippen MR) is 196 cm³/mol.